The van der Waals surface area contributed by atoms with Crippen molar-refractivity contribution in [3.05, 3.63) is 35.9 Å². The molecule has 0 radical (unpaired) electrons. The van der Waals surface area contributed by atoms with Crippen LogP contribution in [0.4, 0.5) is 0 Å². The summed E-state index contributed by atoms with van der Waals surface area (Å²) in [6.45, 7) is 0.159. The van der Waals surface area contributed by atoms with Gasteiger partial charge in [-0.05, 0) is 18.4 Å². The lowest BCUT2D eigenvalue weighted by Crippen LogP contribution is -2.45. The van der Waals surface area contributed by atoms with Crippen molar-refractivity contribution in [3.63, 3.8) is 0 Å². The molecule has 1 saturated carbocycles. The number of carbonyl (C=O) groups is 2. The molecule has 0 saturated heterocycles. The molecule has 7 nitrogen and oxygen atoms in total. The van der Waals surface area contributed by atoms with Crippen LogP contribution in [0.5, 0.6) is 0 Å². The molecule has 0 heterocycles. The molecule has 23 heavy (non-hydrogen) atoms. The molecule has 2 unspecified atom stereocenters. The first-order chi connectivity index (χ1) is 10.9. The van der Waals surface area contributed by atoms with Gasteiger partial charge in [0.25, 0.3) is 0 Å². The number of sulfonamides is 1. The molecule has 0 aromatic heterocycles. The Morgan fingerprint density at radius 2 is 1.78 bits per heavy atom. The van der Waals surface area contributed by atoms with Crippen LogP contribution < -0.4 is 10.0 Å². The van der Waals surface area contributed by atoms with Gasteiger partial charge in [-0.15, -0.1) is 0 Å². The molecule has 1 fully saturated rings. The zero-order valence-corrected chi connectivity index (χ0v) is 13.4. The van der Waals surface area contributed by atoms with Gasteiger partial charge in [0.15, 0.2) is 0 Å². The molecule has 3 N–H and O–H groups in total. The number of hydrogen-bond donors (Lipinski definition) is 3. The number of benzene rings is 1. The molecule has 0 bridgehead atoms. The van der Waals surface area contributed by atoms with E-state index in [1.807, 2.05) is 30.3 Å². The lowest BCUT2D eigenvalue weighted by molar-refractivity contribution is -0.152. The van der Waals surface area contributed by atoms with Gasteiger partial charge < -0.3 is 10.4 Å². The predicted molar refractivity (Wildman–Crippen MR) is 83.9 cm³/mol. The van der Waals surface area contributed by atoms with E-state index in [2.05, 4.69) is 10.0 Å². The topological polar surface area (TPSA) is 113 Å². The van der Waals surface area contributed by atoms with E-state index in [4.69, 9.17) is 5.11 Å². The number of carboxylic acid groups (broad SMARTS) is 1. The third-order valence-corrected chi connectivity index (χ3v) is 5.26. The minimum Gasteiger partial charge on any atom is -0.481 e. The molecule has 2 atom stereocenters. The van der Waals surface area contributed by atoms with Crippen LogP contribution in [-0.4, -0.2) is 37.7 Å². The Bertz CT molecular complexity index is 660. The van der Waals surface area contributed by atoms with Gasteiger partial charge >= 0.3 is 5.97 Å². The van der Waals surface area contributed by atoms with Crippen molar-refractivity contribution in [1.82, 2.24) is 10.0 Å². The molecule has 0 spiro atoms. The molecule has 1 aliphatic carbocycles. The van der Waals surface area contributed by atoms with Gasteiger partial charge in [-0.1, -0.05) is 30.3 Å². The Hall–Kier alpha value is -1.93. The molecular formula is C15H20N2O5S. The maximum Gasteiger partial charge on any atom is 0.307 e. The summed E-state index contributed by atoms with van der Waals surface area (Å²) in [6.07, 6.45) is 1.02. The van der Waals surface area contributed by atoms with Gasteiger partial charge in [-0.2, -0.15) is 0 Å². The Labute approximate surface area is 135 Å². The summed E-state index contributed by atoms with van der Waals surface area (Å²) in [4.78, 5) is 22.7. The van der Waals surface area contributed by atoms with Gasteiger partial charge in [0.05, 0.1) is 17.6 Å². The largest absolute Gasteiger partial charge is 0.481 e. The van der Waals surface area contributed by atoms with Crippen molar-refractivity contribution in [1.29, 1.82) is 0 Å². The number of hydrogen-bond acceptors (Lipinski definition) is 4. The van der Waals surface area contributed by atoms with E-state index in [1.165, 1.54) is 0 Å². The zero-order valence-electron chi connectivity index (χ0n) is 12.6. The molecule has 1 amide bonds. The van der Waals surface area contributed by atoms with Crippen LogP contribution in [0.25, 0.3) is 0 Å². The number of aliphatic carboxylic acids is 1. The SMILES string of the molecule is O=C(O)C1CCC1C(=O)NCCS(=O)(=O)NCc1ccccc1. The maximum absolute atomic E-state index is 11.9. The van der Waals surface area contributed by atoms with Gasteiger partial charge in [0.1, 0.15) is 0 Å². The normalized spacial score (nSPS) is 20.5. The van der Waals surface area contributed by atoms with E-state index < -0.39 is 27.8 Å². The van der Waals surface area contributed by atoms with Gasteiger partial charge in [0.2, 0.25) is 15.9 Å². The van der Waals surface area contributed by atoms with Crippen LogP contribution in [0, 0.1) is 11.8 Å². The van der Waals surface area contributed by atoms with Crippen LogP contribution in [0.1, 0.15) is 18.4 Å². The van der Waals surface area contributed by atoms with Gasteiger partial charge in [0, 0.05) is 13.1 Å². The van der Waals surface area contributed by atoms with E-state index in [0.29, 0.717) is 12.8 Å². The minimum absolute atomic E-state index is 0.0359. The second-order valence-electron chi connectivity index (χ2n) is 5.55. The summed E-state index contributed by atoms with van der Waals surface area (Å²) < 4.78 is 26.2. The Balaban J connectivity index is 1.72. The highest BCUT2D eigenvalue weighted by Crippen LogP contribution is 2.34. The summed E-state index contributed by atoms with van der Waals surface area (Å²) in [7, 11) is -3.50. The first-order valence-electron chi connectivity index (χ1n) is 7.41. The molecule has 0 aliphatic heterocycles. The van der Waals surface area contributed by atoms with E-state index in [9.17, 15) is 18.0 Å². The fourth-order valence-electron chi connectivity index (χ4n) is 2.41. The number of carbonyl (C=O) groups excluding carboxylic acids is 1. The number of carboxylic acids is 1. The second kappa shape index (κ2) is 7.56. The highest BCUT2D eigenvalue weighted by atomic mass is 32.2. The number of rotatable bonds is 8. The highest BCUT2D eigenvalue weighted by molar-refractivity contribution is 7.89. The Morgan fingerprint density at radius 3 is 2.35 bits per heavy atom. The van der Waals surface area contributed by atoms with E-state index in [1.54, 1.807) is 0 Å². The van der Waals surface area contributed by atoms with Crippen molar-refractivity contribution in [2.45, 2.75) is 19.4 Å². The minimum atomic E-state index is -3.50. The van der Waals surface area contributed by atoms with E-state index >= 15 is 0 Å². The molecule has 8 heteroatoms. The Kier molecular flexibility index (Phi) is 5.73. The third kappa shape index (κ3) is 5.04. The van der Waals surface area contributed by atoms with Crippen molar-refractivity contribution in [3.8, 4) is 0 Å². The summed E-state index contributed by atoms with van der Waals surface area (Å²) in [5, 5.41) is 11.4. The molecule has 1 aliphatic rings. The fraction of sp³-hybridized carbons (Fsp3) is 0.467. The first-order valence-corrected chi connectivity index (χ1v) is 9.06. The number of nitrogens with one attached hydrogen (secondary N) is 2. The van der Waals surface area contributed by atoms with Crippen LogP contribution in [0.2, 0.25) is 0 Å². The quantitative estimate of drug-likeness (QED) is 0.631. The predicted octanol–water partition coefficient (Wildman–Crippen LogP) is 0.333. The fourth-order valence-corrected chi connectivity index (χ4v) is 3.31. The number of amides is 1. The van der Waals surface area contributed by atoms with Crippen LogP contribution in [0.15, 0.2) is 30.3 Å². The zero-order chi connectivity index (χ0) is 16.9. The van der Waals surface area contributed by atoms with E-state index in [0.717, 1.165) is 5.56 Å². The van der Waals surface area contributed by atoms with E-state index in [-0.39, 0.29) is 24.7 Å². The highest BCUT2D eigenvalue weighted by Gasteiger charge is 2.41. The van der Waals surface area contributed by atoms with Crippen molar-refractivity contribution in [2.75, 3.05) is 12.3 Å². The third-order valence-electron chi connectivity index (χ3n) is 3.94. The van der Waals surface area contributed by atoms with Gasteiger partial charge in [-0.25, -0.2) is 13.1 Å². The molecule has 1 aromatic rings. The average Bonchev–Trinajstić information content (AvgIpc) is 2.44. The van der Waals surface area contributed by atoms with Gasteiger partial charge in [-0.3, -0.25) is 9.59 Å². The van der Waals surface area contributed by atoms with Crippen molar-refractivity contribution in [2.24, 2.45) is 11.8 Å². The van der Waals surface area contributed by atoms with Crippen LogP contribution in [-0.2, 0) is 26.2 Å². The maximum atomic E-state index is 11.9. The van der Waals surface area contributed by atoms with Crippen LogP contribution in [0.3, 0.4) is 0 Å². The molecular weight excluding hydrogens is 320 g/mol. The smallest absolute Gasteiger partial charge is 0.307 e. The van der Waals surface area contributed by atoms with Crippen molar-refractivity contribution >= 4 is 21.9 Å². The molecule has 2 rings (SSSR count). The monoisotopic (exact) mass is 340 g/mol. The summed E-state index contributed by atoms with van der Waals surface area (Å²) in [6, 6.07) is 9.11. The summed E-state index contributed by atoms with van der Waals surface area (Å²) in [5.74, 6) is -2.80. The molecule has 126 valence electrons. The lowest BCUT2D eigenvalue weighted by Gasteiger charge is -2.31. The molecule has 1 aromatic carbocycles. The summed E-state index contributed by atoms with van der Waals surface area (Å²) >= 11 is 0. The second-order valence-corrected chi connectivity index (χ2v) is 7.47. The lowest BCUT2D eigenvalue weighted by atomic mass is 9.73. The first kappa shape index (κ1) is 17.4. The standard InChI is InChI=1S/C15H20N2O5S/c18-14(12-6-7-13(12)15(19)20)16-8-9-23(21,22)17-10-11-4-2-1-3-5-11/h1-5,12-13,17H,6-10H2,(H,16,18)(H,19,20). The average molecular weight is 340 g/mol. The van der Waals surface area contributed by atoms with Crippen LogP contribution >= 0.6 is 0 Å². The van der Waals surface area contributed by atoms with Crippen molar-refractivity contribution < 1.29 is 23.1 Å². The summed E-state index contributed by atoms with van der Waals surface area (Å²) in [5.41, 5.74) is 0.846. The Morgan fingerprint density at radius 1 is 1.13 bits per heavy atom.